The smallest absolute Gasteiger partial charge is 0.392 e. The molecule has 240 valence electrons. The quantitative estimate of drug-likeness (QED) is 0.0714. The molecule has 0 aromatic heterocycles. The van der Waals surface area contributed by atoms with Crippen molar-refractivity contribution in [1.29, 1.82) is 0 Å². The summed E-state index contributed by atoms with van der Waals surface area (Å²) < 4.78 is 48.2. The Labute approximate surface area is 251 Å². The minimum absolute atomic E-state index is 0.224. The lowest BCUT2D eigenvalue weighted by molar-refractivity contribution is 0.0701. The molecule has 0 aliphatic heterocycles. The van der Waals surface area contributed by atoms with Gasteiger partial charge in [-0.25, -0.2) is 0 Å². The number of nitrogens with one attached hydrogen (secondary N) is 2. The second-order valence-corrected chi connectivity index (χ2v) is 19.3. The van der Waals surface area contributed by atoms with Crippen LogP contribution in [0.3, 0.4) is 0 Å². The van der Waals surface area contributed by atoms with E-state index in [1.54, 1.807) is 0 Å². The Morgan fingerprint density at radius 3 is 1.18 bits per heavy atom. The first-order chi connectivity index (χ1) is 19.3. The average molecular weight is 643 g/mol. The van der Waals surface area contributed by atoms with E-state index < -0.39 is 35.7 Å². The van der Waals surface area contributed by atoms with Gasteiger partial charge in [-0.05, 0) is 87.9 Å². The van der Waals surface area contributed by atoms with Gasteiger partial charge >= 0.3 is 26.2 Å². The minimum atomic E-state index is -2.64. The standard InChI is InChI=1S/C26H62N2O8Si4/c1-10-29-38(9,30-11-2)25-22-37-26(27-20-18-23-39(31-12-3,32-13-4)33-14-5)28-21-19-24-40(34-15-6,35-16-7)36-17-8/h22,25-28H,10-21,23-24,37H2,1-9H3. The lowest BCUT2D eigenvalue weighted by Crippen LogP contribution is -2.50. The van der Waals surface area contributed by atoms with E-state index in [4.69, 9.17) is 35.4 Å². The maximum atomic E-state index is 6.03. The van der Waals surface area contributed by atoms with Crippen LogP contribution >= 0.6 is 0 Å². The summed E-state index contributed by atoms with van der Waals surface area (Å²) in [4.78, 5) is 0. The van der Waals surface area contributed by atoms with Crippen LogP contribution in [0.2, 0.25) is 18.6 Å². The maximum Gasteiger partial charge on any atom is 0.500 e. The molecule has 14 heteroatoms. The van der Waals surface area contributed by atoms with Gasteiger partial charge in [0.25, 0.3) is 0 Å². The topological polar surface area (TPSA) is 97.9 Å². The summed E-state index contributed by atoms with van der Waals surface area (Å²) in [7, 11) is -8.23. The Morgan fingerprint density at radius 1 is 0.550 bits per heavy atom. The van der Waals surface area contributed by atoms with Crippen LogP contribution in [0.5, 0.6) is 0 Å². The van der Waals surface area contributed by atoms with Crippen molar-refractivity contribution in [2.75, 3.05) is 65.9 Å². The Morgan fingerprint density at radius 2 is 0.875 bits per heavy atom. The second-order valence-electron chi connectivity index (χ2n) is 9.15. The lowest BCUT2D eigenvalue weighted by atomic mass is 10.4. The highest BCUT2D eigenvalue weighted by molar-refractivity contribution is 6.72. The molecule has 10 nitrogen and oxygen atoms in total. The number of hydrogen-bond acceptors (Lipinski definition) is 10. The highest BCUT2D eigenvalue weighted by Gasteiger charge is 2.40. The van der Waals surface area contributed by atoms with E-state index in [0.29, 0.717) is 52.9 Å². The van der Waals surface area contributed by atoms with E-state index >= 15 is 0 Å². The Kier molecular flexibility index (Phi) is 24.8. The van der Waals surface area contributed by atoms with E-state index in [1.807, 2.05) is 55.4 Å². The van der Waals surface area contributed by atoms with Crippen LogP contribution < -0.4 is 10.6 Å². The number of rotatable bonds is 29. The Bertz CT molecular complexity index is 551. The van der Waals surface area contributed by atoms with Crippen molar-refractivity contribution in [1.82, 2.24) is 10.6 Å². The molecule has 0 saturated heterocycles. The van der Waals surface area contributed by atoms with Gasteiger partial charge in [0.1, 0.15) is 0 Å². The van der Waals surface area contributed by atoms with Crippen molar-refractivity contribution < 1.29 is 35.4 Å². The molecule has 0 rings (SSSR count). The summed E-state index contributed by atoms with van der Waals surface area (Å²) in [5.41, 5.74) is 4.53. The molecule has 0 fully saturated rings. The lowest BCUT2D eigenvalue weighted by Gasteiger charge is -2.29. The third kappa shape index (κ3) is 17.4. The third-order valence-electron chi connectivity index (χ3n) is 5.94. The van der Waals surface area contributed by atoms with Gasteiger partial charge in [-0.15, -0.1) is 5.70 Å². The van der Waals surface area contributed by atoms with Gasteiger partial charge in [-0.3, -0.25) is 0 Å². The van der Waals surface area contributed by atoms with Crippen molar-refractivity contribution in [3.05, 3.63) is 11.4 Å². The summed E-state index contributed by atoms with van der Waals surface area (Å²) in [6.07, 6.45) is 1.84. The fourth-order valence-corrected chi connectivity index (χ4v) is 14.5. The summed E-state index contributed by atoms with van der Waals surface area (Å²) in [6.45, 7) is 24.7. The molecular weight excluding hydrogens is 581 g/mol. The molecular formula is C26H62N2O8Si4. The molecule has 0 amide bonds. The Balaban J connectivity index is 5.28. The monoisotopic (exact) mass is 642 g/mol. The van der Waals surface area contributed by atoms with Crippen LogP contribution in [0.1, 0.15) is 68.2 Å². The van der Waals surface area contributed by atoms with Gasteiger partial charge in [0.2, 0.25) is 0 Å². The first-order valence-electron chi connectivity index (χ1n) is 15.5. The largest absolute Gasteiger partial charge is 0.500 e. The predicted octanol–water partition coefficient (Wildman–Crippen LogP) is 3.69. The highest BCUT2D eigenvalue weighted by atomic mass is 28.4. The van der Waals surface area contributed by atoms with Crippen molar-refractivity contribution in [2.45, 2.75) is 92.7 Å². The van der Waals surface area contributed by atoms with Crippen LogP contribution in [0.4, 0.5) is 0 Å². The number of hydrogen-bond donors (Lipinski definition) is 2. The fraction of sp³-hybridized carbons (Fsp3) is 0.923. The zero-order valence-corrected chi connectivity index (χ0v) is 31.5. The van der Waals surface area contributed by atoms with Gasteiger partial charge in [0, 0.05) is 70.7 Å². The average Bonchev–Trinajstić information content (AvgIpc) is 2.90. The second kappa shape index (κ2) is 24.6. The molecule has 0 saturated carbocycles. The van der Waals surface area contributed by atoms with E-state index in [1.165, 1.54) is 0 Å². The molecule has 0 aromatic rings. The summed E-state index contributed by atoms with van der Waals surface area (Å²) in [6, 6.07) is 1.59. The van der Waals surface area contributed by atoms with Crippen LogP contribution in [0, 0.1) is 0 Å². The van der Waals surface area contributed by atoms with E-state index in [-0.39, 0.29) is 5.79 Å². The van der Waals surface area contributed by atoms with Gasteiger partial charge in [0.05, 0.1) is 9.52 Å². The molecule has 2 N–H and O–H groups in total. The molecule has 0 aliphatic carbocycles. The molecule has 0 aromatic carbocycles. The zero-order chi connectivity index (χ0) is 30.2. The van der Waals surface area contributed by atoms with Crippen LogP contribution in [0.15, 0.2) is 11.4 Å². The molecule has 0 unspecified atom stereocenters. The molecule has 0 bridgehead atoms. The molecule has 0 heterocycles. The normalized spacial score (nSPS) is 13.6. The summed E-state index contributed by atoms with van der Waals surface area (Å²) in [5.74, 6) is 0.224. The SMILES string of the molecule is CCO[Si](C)(C=C[SiH2]C(NCCC[Si](OCC)(OCC)OCC)NCCC[Si](OCC)(OCC)OCC)OCC. The van der Waals surface area contributed by atoms with E-state index in [2.05, 4.69) is 28.6 Å². The van der Waals surface area contributed by atoms with Gasteiger partial charge in [-0.2, -0.15) is 0 Å². The van der Waals surface area contributed by atoms with Crippen molar-refractivity contribution >= 4 is 35.7 Å². The minimum Gasteiger partial charge on any atom is -0.392 e. The van der Waals surface area contributed by atoms with Crippen molar-refractivity contribution in [2.24, 2.45) is 0 Å². The fourth-order valence-electron chi connectivity index (χ4n) is 4.53. The van der Waals surface area contributed by atoms with Crippen LogP contribution in [-0.4, -0.2) is 107 Å². The molecule has 0 atom stereocenters. The summed E-state index contributed by atoms with van der Waals surface area (Å²) >= 11 is 0. The predicted molar refractivity (Wildman–Crippen MR) is 172 cm³/mol. The van der Waals surface area contributed by atoms with Crippen molar-refractivity contribution in [3.63, 3.8) is 0 Å². The zero-order valence-electron chi connectivity index (χ0n) is 27.1. The molecule has 0 radical (unpaired) electrons. The Hall–Kier alpha value is 0.208. The van der Waals surface area contributed by atoms with Crippen LogP contribution in [0.25, 0.3) is 0 Å². The van der Waals surface area contributed by atoms with Gasteiger partial charge < -0.3 is 46.0 Å². The maximum absolute atomic E-state index is 6.03. The summed E-state index contributed by atoms with van der Waals surface area (Å²) in [5, 5.41) is 7.50. The molecule has 0 aliphatic rings. The van der Waals surface area contributed by atoms with Crippen molar-refractivity contribution in [3.8, 4) is 0 Å². The molecule has 40 heavy (non-hydrogen) atoms. The first kappa shape index (κ1) is 40.2. The molecule has 0 spiro atoms. The van der Waals surface area contributed by atoms with Gasteiger partial charge in [-0.1, -0.05) is 5.70 Å². The third-order valence-corrected chi connectivity index (χ3v) is 16.8. The highest BCUT2D eigenvalue weighted by Crippen LogP contribution is 2.19. The van der Waals surface area contributed by atoms with Crippen LogP contribution in [-0.2, 0) is 35.4 Å². The van der Waals surface area contributed by atoms with E-state index in [0.717, 1.165) is 38.0 Å². The first-order valence-corrected chi connectivity index (χ1v) is 23.4. The van der Waals surface area contributed by atoms with Gasteiger partial charge in [0.15, 0.2) is 0 Å². The van der Waals surface area contributed by atoms with E-state index in [9.17, 15) is 0 Å².